The van der Waals surface area contributed by atoms with Crippen molar-refractivity contribution in [2.24, 2.45) is 0 Å². The van der Waals surface area contributed by atoms with Gasteiger partial charge in [-0.05, 0) is 36.2 Å². The van der Waals surface area contributed by atoms with Crippen molar-refractivity contribution in [2.75, 3.05) is 23.4 Å². The van der Waals surface area contributed by atoms with Gasteiger partial charge in [-0.25, -0.2) is 9.78 Å². The minimum Gasteiger partial charge on any atom is -0.489 e. The Bertz CT molecular complexity index is 1140. The first kappa shape index (κ1) is 20.7. The van der Waals surface area contributed by atoms with Crippen LogP contribution in [0.3, 0.4) is 0 Å². The first-order valence-corrected chi connectivity index (χ1v) is 10.2. The number of rotatable bonds is 6. The van der Waals surface area contributed by atoms with Crippen LogP contribution in [-0.2, 0) is 13.0 Å². The monoisotopic (exact) mass is 440 g/mol. The Morgan fingerprint density at radius 1 is 1.29 bits per heavy atom. The molecule has 8 nitrogen and oxygen atoms in total. The van der Waals surface area contributed by atoms with Gasteiger partial charge in [0, 0.05) is 18.3 Å². The number of aromatic nitrogens is 2. The van der Waals surface area contributed by atoms with Gasteiger partial charge in [-0.3, -0.25) is 4.79 Å². The fourth-order valence-electron chi connectivity index (χ4n) is 3.46. The summed E-state index contributed by atoms with van der Waals surface area (Å²) in [5.74, 6) is -0.543. The summed E-state index contributed by atoms with van der Waals surface area (Å²) in [5, 5.41) is 12.3. The van der Waals surface area contributed by atoms with Gasteiger partial charge in [-0.2, -0.15) is 0 Å². The van der Waals surface area contributed by atoms with Crippen LogP contribution in [0.5, 0.6) is 5.75 Å². The number of halogens is 1. The van der Waals surface area contributed by atoms with Crippen LogP contribution in [-0.4, -0.2) is 40.1 Å². The summed E-state index contributed by atoms with van der Waals surface area (Å²) in [5.41, 5.74) is 3.31. The van der Waals surface area contributed by atoms with E-state index >= 15 is 0 Å². The SMILES string of the molecule is CCc1[nH]c(C(=O)Nc2ccc3c(c2)OCCN3Cc2cccc(C(=O)O)c2)nc1Cl. The van der Waals surface area contributed by atoms with E-state index in [1.165, 1.54) is 0 Å². The molecule has 0 radical (unpaired) electrons. The number of anilines is 2. The number of benzene rings is 2. The van der Waals surface area contributed by atoms with Crippen LogP contribution >= 0.6 is 11.6 Å². The van der Waals surface area contributed by atoms with Crippen molar-refractivity contribution >= 4 is 34.9 Å². The molecule has 1 aromatic heterocycles. The zero-order chi connectivity index (χ0) is 22.0. The fraction of sp³-hybridized carbons (Fsp3) is 0.227. The Hall–Kier alpha value is -3.52. The third-order valence-electron chi connectivity index (χ3n) is 5.02. The number of aromatic carboxylic acids is 1. The van der Waals surface area contributed by atoms with Crippen LogP contribution < -0.4 is 15.0 Å². The molecule has 0 aliphatic carbocycles. The zero-order valence-electron chi connectivity index (χ0n) is 16.8. The summed E-state index contributed by atoms with van der Waals surface area (Å²) < 4.78 is 5.79. The molecule has 9 heteroatoms. The smallest absolute Gasteiger partial charge is 0.335 e. The van der Waals surface area contributed by atoms with Gasteiger partial charge in [0.2, 0.25) is 0 Å². The molecule has 2 aromatic carbocycles. The summed E-state index contributed by atoms with van der Waals surface area (Å²) in [7, 11) is 0. The molecule has 0 fully saturated rings. The van der Waals surface area contributed by atoms with E-state index in [0.29, 0.717) is 48.4 Å². The number of imidazole rings is 1. The van der Waals surface area contributed by atoms with Crippen molar-refractivity contribution in [3.63, 3.8) is 0 Å². The predicted molar refractivity (Wildman–Crippen MR) is 117 cm³/mol. The maximum absolute atomic E-state index is 12.5. The highest BCUT2D eigenvalue weighted by Crippen LogP contribution is 2.35. The van der Waals surface area contributed by atoms with Gasteiger partial charge >= 0.3 is 5.97 Å². The van der Waals surface area contributed by atoms with E-state index in [2.05, 4.69) is 20.2 Å². The van der Waals surface area contributed by atoms with Crippen LogP contribution in [0, 0.1) is 0 Å². The number of hydrogen-bond donors (Lipinski definition) is 3. The topological polar surface area (TPSA) is 108 Å². The van der Waals surface area contributed by atoms with Gasteiger partial charge in [0.15, 0.2) is 11.0 Å². The van der Waals surface area contributed by atoms with Gasteiger partial charge in [-0.15, -0.1) is 0 Å². The lowest BCUT2D eigenvalue weighted by Crippen LogP contribution is -2.32. The van der Waals surface area contributed by atoms with Gasteiger partial charge in [0.25, 0.3) is 5.91 Å². The highest BCUT2D eigenvalue weighted by molar-refractivity contribution is 6.30. The molecule has 160 valence electrons. The van der Waals surface area contributed by atoms with Crippen LogP contribution in [0.1, 0.15) is 39.2 Å². The van der Waals surface area contributed by atoms with E-state index < -0.39 is 5.97 Å². The molecule has 31 heavy (non-hydrogen) atoms. The first-order chi connectivity index (χ1) is 14.9. The molecule has 4 rings (SSSR count). The molecule has 3 aromatic rings. The summed E-state index contributed by atoms with van der Waals surface area (Å²) in [4.78, 5) is 32.8. The lowest BCUT2D eigenvalue weighted by molar-refractivity contribution is 0.0696. The lowest BCUT2D eigenvalue weighted by Gasteiger charge is -2.31. The number of fused-ring (bicyclic) bond motifs is 1. The second-order valence-corrected chi connectivity index (χ2v) is 7.48. The molecule has 0 spiro atoms. The van der Waals surface area contributed by atoms with Crippen molar-refractivity contribution in [1.82, 2.24) is 9.97 Å². The number of carbonyl (C=O) groups is 2. The minimum atomic E-state index is -0.950. The number of amides is 1. The lowest BCUT2D eigenvalue weighted by atomic mass is 10.1. The van der Waals surface area contributed by atoms with E-state index in [9.17, 15) is 14.7 Å². The number of carboxylic acids is 1. The zero-order valence-corrected chi connectivity index (χ0v) is 17.6. The normalized spacial score (nSPS) is 12.8. The summed E-state index contributed by atoms with van der Waals surface area (Å²) >= 11 is 6.02. The quantitative estimate of drug-likeness (QED) is 0.535. The van der Waals surface area contributed by atoms with Gasteiger partial charge in [0.05, 0.1) is 23.5 Å². The molecule has 0 bridgehead atoms. The van der Waals surface area contributed by atoms with E-state index in [4.69, 9.17) is 16.3 Å². The molecule has 1 amide bonds. The van der Waals surface area contributed by atoms with E-state index in [0.717, 1.165) is 11.3 Å². The molecule has 1 aliphatic rings. The summed E-state index contributed by atoms with van der Waals surface area (Å²) in [6.07, 6.45) is 0.650. The van der Waals surface area contributed by atoms with E-state index in [1.54, 1.807) is 30.3 Å². The van der Waals surface area contributed by atoms with Crippen molar-refractivity contribution in [3.8, 4) is 5.75 Å². The highest BCUT2D eigenvalue weighted by Gasteiger charge is 2.20. The van der Waals surface area contributed by atoms with Crippen molar-refractivity contribution in [3.05, 3.63) is 70.3 Å². The maximum Gasteiger partial charge on any atom is 0.335 e. The Balaban J connectivity index is 1.51. The molecule has 0 atom stereocenters. The number of nitrogens with zero attached hydrogens (tertiary/aromatic N) is 2. The second-order valence-electron chi connectivity index (χ2n) is 7.12. The molecule has 3 N–H and O–H groups in total. The number of ether oxygens (including phenoxy) is 1. The van der Waals surface area contributed by atoms with Crippen LogP contribution in [0.15, 0.2) is 42.5 Å². The second kappa shape index (κ2) is 8.69. The molecular formula is C22H21ClN4O4. The van der Waals surface area contributed by atoms with E-state index in [-0.39, 0.29) is 17.3 Å². The Kier molecular flexibility index (Phi) is 5.81. The van der Waals surface area contributed by atoms with Crippen LogP contribution in [0.2, 0.25) is 5.15 Å². The molecule has 2 heterocycles. The molecule has 0 unspecified atom stereocenters. The van der Waals surface area contributed by atoms with Gasteiger partial charge in [-0.1, -0.05) is 30.7 Å². The van der Waals surface area contributed by atoms with E-state index in [1.807, 2.05) is 19.1 Å². The average Bonchev–Trinajstić information content (AvgIpc) is 3.15. The summed E-state index contributed by atoms with van der Waals surface area (Å²) in [6, 6.07) is 12.3. The minimum absolute atomic E-state index is 0.153. The highest BCUT2D eigenvalue weighted by atomic mass is 35.5. The molecule has 0 saturated carbocycles. The first-order valence-electron chi connectivity index (χ1n) is 9.84. The van der Waals surface area contributed by atoms with Crippen LogP contribution in [0.25, 0.3) is 0 Å². The van der Waals surface area contributed by atoms with Gasteiger partial charge < -0.3 is 25.0 Å². The van der Waals surface area contributed by atoms with Crippen molar-refractivity contribution < 1.29 is 19.4 Å². The number of aryl methyl sites for hydroxylation is 1. The summed E-state index contributed by atoms with van der Waals surface area (Å²) in [6.45, 7) is 3.62. The fourth-order valence-corrected chi connectivity index (χ4v) is 3.73. The number of nitrogens with one attached hydrogen (secondary N) is 2. The van der Waals surface area contributed by atoms with Crippen LogP contribution in [0.4, 0.5) is 11.4 Å². The molecule has 1 aliphatic heterocycles. The number of carboxylic acid groups (broad SMARTS) is 1. The predicted octanol–water partition coefficient (Wildman–Crippen LogP) is 3.98. The third-order valence-corrected chi connectivity index (χ3v) is 5.33. The number of hydrogen-bond acceptors (Lipinski definition) is 5. The standard InChI is InChI=1S/C22H21ClN4O4/c1-2-16-19(23)26-20(25-16)21(28)24-15-6-7-17-18(11-15)31-9-8-27(17)12-13-4-3-5-14(10-13)22(29)30/h3-7,10-11H,2,8-9,12H2,1H3,(H,24,28)(H,25,26)(H,29,30). The number of aromatic amines is 1. The van der Waals surface area contributed by atoms with Crippen molar-refractivity contribution in [1.29, 1.82) is 0 Å². The maximum atomic E-state index is 12.5. The Morgan fingerprint density at radius 2 is 2.13 bits per heavy atom. The average molecular weight is 441 g/mol. The molecular weight excluding hydrogens is 420 g/mol. The molecule has 0 saturated heterocycles. The largest absolute Gasteiger partial charge is 0.489 e. The number of carbonyl (C=O) groups excluding carboxylic acids is 1. The third kappa shape index (κ3) is 4.49. The van der Waals surface area contributed by atoms with Gasteiger partial charge in [0.1, 0.15) is 12.4 Å². The van der Waals surface area contributed by atoms with Crippen molar-refractivity contribution in [2.45, 2.75) is 19.9 Å². The Labute approximate surface area is 183 Å². The number of H-pyrrole nitrogens is 1. The Morgan fingerprint density at radius 3 is 2.87 bits per heavy atom.